The van der Waals surface area contributed by atoms with Gasteiger partial charge in [-0.1, -0.05) is 71.0 Å². The molecule has 0 spiro atoms. The summed E-state index contributed by atoms with van der Waals surface area (Å²) < 4.78 is 11.0. The van der Waals surface area contributed by atoms with Crippen molar-refractivity contribution in [3.05, 3.63) is 0 Å². The van der Waals surface area contributed by atoms with Gasteiger partial charge >= 0.3 is 0 Å². The number of hydrogen-bond acceptors (Lipinski definition) is 3. The van der Waals surface area contributed by atoms with Gasteiger partial charge in [0.25, 0.3) is 0 Å². The highest BCUT2D eigenvalue weighted by Crippen LogP contribution is 2.53. The van der Waals surface area contributed by atoms with E-state index < -0.39 is 5.69 Å². The normalized spacial score (nSPS) is 14.6. The first kappa shape index (κ1) is 18.9. The minimum absolute atomic E-state index is 0.651. The molecule has 0 fully saturated rings. The number of unbranched alkanes of at least 4 members (excludes halogenated alkanes) is 7. The van der Waals surface area contributed by atoms with Gasteiger partial charge in [-0.15, -0.1) is 0 Å². The van der Waals surface area contributed by atoms with Crippen molar-refractivity contribution in [1.29, 1.82) is 0 Å². The van der Waals surface area contributed by atoms with Gasteiger partial charge in [0, 0.05) is 0 Å². The molecule has 0 bridgehead atoms. The molecule has 0 saturated carbocycles. The fourth-order valence-corrected chi connectivity index (χ4v) is 3.44. The Balaban J connectivity index is 3.26. The Bertz CT molecular complexity index is 225. The maximum absolute atomic E-state index is 5.54. The van der Waals surface area contributed by atoms with Crippen molar-refractivity contribution < 1.29 is 9.05 Å². The highest BCUT2D eigenvalue weighted by Gasteiger charge is 2.11. The molecule has 0 aromatic heterocycles. The van der Waals surface area contributed by atoms with E-state index in [1.807, 2.05) is 0 Å². The first-order valence-corrected chi connectivity index (χ1v) is 11.0. The van der Waals surface area contributed by atoms with Gasteiger partial charge in [-0.3, -0.25) is 0 Å². The Morgan fingerprint density at radius 3 is 1.83 bits per heavy atom. The second kappa shape index (κ2) is 12.9. The van der Waals surface area contributed by atoms with Crippen LogP contribution in [0.25, 0.3) is 0 Å². The Hall–Kier alpha value is 0.920. The molecule has 5 heteroatoms. The van der Waals surface area contributed by atoms with Crippen LogP contribution in [0.3, 0.4) is 0 Å². The summed E-state index contributed by atoms with van der Waals surface area (Å²) in [6.07, 6.45) is 11.4. The fourth-order valence-electron chi connectivity index (χ4n) is 1.66. The summed E-state index contributed by atoms with van der Waals surface area (Å²) in [5.74, 6) is 0. The molecule has 110 valence electrons. The van der Waals surface area contributed by atoms with Crippen LogP contribution >= 0.6 is 17.9 Å². The van der Waals surface area contributed by atoms with Gasteiger partial charge in [0.2, 0.25) is 5.69 Å². The van der Waals surface area contributed by atoms with E-state index >= 15 is 0 Å². The van der Waals surface area contributed by atoms with Crippen molar-refractivity contribution in [3.63, 3.8) is 0 Å². The fraction of sp³-hybridized carbons (Fsp3) is 1.00. The molecule has 0 aromatic rings. The van der Waals surface area contributed by atoms with Gasteiger partial charge < -0.3 is 9.05 Å². The van der Waals surface area contributed by atoms with Gasteiger partial charge in [-0.25, -0.2) is 0 Å². The number of hydrogen-bond donors (Lipinski definition) is 1. The Morgan fingerprint density at radius 2 is 1.28 bits per heavy atom. The lowest BCUT2D eigenvalue weighted by atomic mass is 10.1. The zero-order chi connectivity index (χ0) is 13.7. The maximum Gasteiger partial charge on any atom is 0.244 e. The maximum atomic E-state index is 5.54. The highest BCUT2D eigenvalue weighted by atomic mass is 32.9. The topological polar surface area (TPSA) is 18.5 Å². The summed E-state index contributed by atoms with van der Waals surface area (Å²) in [7, 11) is 0. The van der Waals surface area contributed by atoms with E-state index in [0.717, 1.165) is 12.8 Å². The molecular weight excluding hydrogens is 283 g/mol. The lowest BCUT2D eigenvalue weighted by molar-refractivity contribution is 0.254. The van der Waals surface area contributed by atoms with Crippen molar-refractivity contribution in [2.45, 2.75) is 71.6 Å². The SMILES string of the molecule is CCCCCCCCCCOP(=S)(S)OCCC. The van der Waals surface area contributed by atoms with Gasteiger partial charge in [0.05, 0.1) is 13.2 Å². The second-order valence-corrected chi connectivity index (χ2v) is 9.90. The van der Waals surface area contributed by atoms with Crippen LogP contribution in [0.2, 0.25) is 0 Å². The Kier molecular flexibility index (Phi) is 13.6. The van der Waals surface area contributed by atoms with Crippen molar-refractivity contribution in [2.24, 2.45) is 0 Å². The molecule has 0 saturated heterocycles. The monoisotopic (exact) mass is 312 g/mol. The molecular formula is C13H29O2PS2. The van der Waals surface area contributed by atoms with Crippen LogP contribution in [0, 0.1) is 0 Å². The third-order valence-electron chi connectivity index (χ3n) is 2.71. The molecule has 18 heavy (non-hydrogen) atoms. The minimum Gasteiger partial charge on any atom is -0.322 e. The molecule has 1 unspecified atom stereocenters. The molecule has 0 N–H and O–H groups in total. The largest absolute Gasteiger partial charge is 0.322 e. The summed E-state index contributed by atoms with van der Waals surface area (Å²) in [5, 5.41) is 0. The average Bonchev–Trinajstić information content (AvgIpc) is 2.34. The van der Waals surface area contributed by atoms with Crippen molar-refractivity contribution in [2.75, 3.05) is 13.2 Å². The van der Waals surface area contributed by atoms with Crippen LogP contribution in [0.1, 0.15) is 71.6 Å². The standard InChI is InChI=1S/C13H29O2PS2/c1-3-5-6-7-8-9-10-11-13-15-16(17,18)14-12-4-2/h3-13H2,1-2H3,(H,17,18). The quantitative estimate of drug-likeness (QED) is 0.266. The molecule has 0 aliphatic heterocycles. The summed E-state index contributed by atoms with van der Waals surface area (Å²) in [6, 6.07) is 0. The Morgan fingerprint density at radius 1 is 0.778 bits per heavy atom. The highest BCUT2D eigenvalue weighted by molar-refractivity contribution is 8.60. The predicted molar refractivity (Wildman–Crippen MR) is 88.1 cm³/mol. The zero-order valence-corrected chi connectivity index (χ0v) is 14.5. The van der Waals surface area contributed by atoms with Crippen molar-refractivity contribution in [1.82, 2.24) is 0 Å². The van der Waals surface area contributed by atoms with Crippen LogP contribution in [0.5, 0.6) is 0 Å². The minimum atomic E-state index is -2.25. The van der Waals surface area contributed by atoms with Crippen molar-refractivity contribution >= 4 is 29.7 Å². The smallest absolute Gasteiger partial charge is 0.244 e. The zero-order valence-electron chi connectivity index (χ0n) is 11.9. The Labute approximate surface area is 124 Å². The van der Waals surface area contributed by atoms with Gasteiger partial charge in [-0.2, -0.15) is 0 Å². The van der Waals surface area contributed by atoms with E-state index in [9.17, 15) is 0 Å². The summed E-state index contributed by atoms with van der Waals surface area (Å²) in [4.78, 5) is 0. The predicted octanol–water partition coefficient (Wildman–Crippen LogP) is 5.72. The van der Waals surface area contributed by atoms with E-state index in [1.165, 1.54) is 44.9 Å². The summed E-state index contributed by atoms with van der Waals surface area (Å²) >= 11 is 9.47. The van der Waals surface area contributed by atoms with E-state index in [0.29, 0.717) is 13.2 Å². The van der Waals surface area contributed by atoms with Gasteiger partial charge in [-0.05, 0) is 24.6 Å². The molecule has 0 aliphatic rings. The van der Waals surface area contributed by atoms with Crippen molar-refractivity contribution in [3.8, 4) is 0 Å². The lowest BCUT2D eigenvalue weighted by Gasteiger charge is -2.16. The number of rotatable bonds is 13. The molecule has 1 atom stereocenters. The molecule has 0 heterocycles. The van der Waals surface area contributed by atoms with Crippen LogP contribution in [0.4, 0.5) is 0 Å². The van der Waals surface area contributed by atoms with Crippen LogP contribution < -0.4 is 0 Å². The molecule has 0 radical (unpaired) electrons. The third-order valence-corrected chi connectivity index (χ3v) is 5.05. The summed E-state index contributed by atoms with van der Waals surface area (Å²) in [6.45, 7) is 5.65. The first-order chi connectivity index (χ1) is 8.62. The molecule has 2 nitrogen and oxygen atoms in total. The molecule has 0 rings (SSSR count). The van der Waals surface area contributed by atoms with E-state index in [1.54, 1.807) is 0 Å². The summed E-state index contributed by atoms with van der Waals surface area (Å²) in [5.41, 5.74) is -2.25. The van der Waals surface area contributed by atoms with E-state index in [-0.39, 0.29) is 0 Å². The third kappa shape index (κ3) is 13.4. The molecule has 0 amide bonds. The lowest BCUT2D eigenvalue weighted by Crippen LogP contribution is -1.94. The average molecular weight is 312 g/mol. The van der Waals surface area contributed by atoms with E-state index in [2.05, 4.69) is 26.1 Å². The van der Waals surface area contributed by atoms with Crippen LogP contribution in [-0.2, 0) is 20.9 Å². The van der Waals surface area contributed by atoms with Gasteiger partial charge in [0.15, 0.2) is 0 Å². The van der Waals surface area contributed by atoms with E-state index in [4.69, 9.17) is 20.9 Å². The molecule has 0 aromatic carbocycles. The van der Waals surface area contributed by atoms with Crippen LogP contribution in [0.15, 0.2) is 0 Å². The number of thiol groups is 1. The second-order valence-electron chi connectivity index (χ2n) is 4.61. The van der Waals surface area contributed by atoms with Crippen LogP contribution in [-0.4, -0.2) is 13.2 Å². The molecule has 0 aliphatic carbocycles. The van der Waals surface area contributed by atoms with Gasteiger partial charge in [0.1, 0.15) is 0 Å². The first-order valence-electron chi connectivity index (χ1n) is 7.24.